The van der Waals surface area contributed by atoms with Crippen LogP contribution in [0.5, 0.6) is 5.75 Å². The molecule has 2 aromatic carbocycles. The third-order valence-corrected chi connectivity index (χ3v) is 10.1. The Morgan fingerprint density at radius 2 is 1.51 bits per heavy atom. The van der Waals surface area contributed by atoms with E-state index in [-0.39, 0.29) is 30.9 Å². The number of ether oxygens (including phenoxy) is 1. The Labute approximate surface area is 231 Å². The highest BCUT2D eigenvalue weighted by atomic mass is 32.2. The van der Waals surface area contributed by atoms with E-state index < -0.39 is 27.4 Å². The highest BCUT2D eigenvalue weighted by Gasteiger charge is 2.74. The predicted molar refractivity (Wildman–Crippen MR) is 151 cm³/mol. The molecule has 2 saturated heterocycles. The zero-order chi connectivity index (χ0) is 27.4. The van der Waals surface area contributed by atoms with Crippen LogP contribution in [0, 0.1) is 11.8 Å². The van der Waals surface area contributed by atoms with Crippen LogP contribution in [0.4, 0.5) is 11.4 Å². The second-order valence-corrected chi connectivity index (χ2v) is 12.3. The quantitative estimate of drug-likeness (QED) is 0.582. The van der Waals surface area contributed by atoms with Crippen molar-refractivity contribution in [3.63, 3.8) is 0 Å². The van der Waals surface area contributed by atoms with Gasteiger partial charge in [-0.3, -0.25) is 14.4 Å². The molecule has 3 amide bonds. The topological polar surface area (TPSA) is 90.4 Å². The van der Waals surface area contributed by atoms with Crippen molar-refractivity contribution in [3.8, 4) is 5.75 Å². The van der Waals surface area contributed by atoms with Crippen molar-refractivity contribution in [1.29, 1.82) is 0 Å². The first-order valence-electron chi connectivity index (χ1n) is 13.1. The van der Waals surface area contributed by atoms with Crippen LogP contribution >= 0.6 is 11.8 Å². The summed E-state index contributed by atoms with van der Waals surface area (Å²) in [4.78, 5) is 47.7. The SMILES string of the molecule is COc1ccc(N2CC=C[C@]34S[C@]5(C)C=CCN(c6ccccc6)C(=O)[C@@H]5[C@H]3C(=O)N(CCO)C4C2=O)cc1. The van der Waals surface area contributed by atoms with E-state index in [2.05, 4.69) is 0 Å². The maximum Gasteiger partial charge on any atom is 0.251 e. The summed E-state index contributed by atoms with van der Waals surface area (Å²) >= 11 is 1.53. The van der Waals surface area contributed by atoms with E-state index in [1.807, 2.05) is 73.7 Å². The number of anilines is 2. The second-order valence-electron chi connectivity index (χ2n) is 10.5. The van der Waals surface area contributed by atoms with Crippen LogP contribution in [0.1, 0.15) is 6.92 Å². The highest BCUT2D eigenvalue weighted by molar-refractivity contribution is 8.02. The molecule has 39 heavy (non-hydrogen) atoms. The molecule has 1 N–H and O–H groups in total. The lowest BCUT2D eigenvalue weighted by Crippen LogP contribution is -2.54. The minimum atomic E-state index is -0.955. The van der Waals surface area contributed by atoms with Crippen LogP contribution < -0.4 is 14.5 Å². The van der Waals surface area contributed by atoms with Gasteiger partial charge in [0.25, 0.3) is 5.91 Å². The number of aliphatic hydroxyl groups excluding tert-OH is 1. The maximum absolute atomic E-state index is 14.3. The number of carbonyl (C=O) groups excluding carboxylic acids is 3. The van der Waals surface area contributed by atoms with Gasteiger partial charge in [-0.2, -0.15) is 0 Å². The third-order valence-electron chi connectivity index (χ3n) is 8.35. The fourth-order valence-corrected chi connectivity index (χ4v) is 8.86. The molecule has 4 aliphatic heterocycles. The number of likely N-dealkylation sites (tertiary alicyclic amines) is 1. The zero-order valence-corrected chi connectivity index (χ0v) is 22.7. The van der Waals surface area contributed by atoms with Gasteiger partial charge < -0.3 is 24.5 Å². The van der Waals surface area contributed by atoms with Crippen LogP contribution in [0.2, 0.25) is 0 Å². The molecule has 1 spiro atoms. The Kier molecular flexibility index (Phi) is 6.31. The molecule has 9 heteroatoms. The first-order valence-corrected chi connectivity index (χ1v) is 13.9. The number of para-hydroxylation sites is 1. The van der Waals surface area contributed by atoms with Gasteiger partial charge in [0.1, 0.15) is 11.8 Å². The number of hydrogen-bond acceptors (Lipinski definition) is 6. The first-order chi connectivity index (χ1) is 18.8. The van der Waals surface area contributed by atoms with Crippen LogP contribution in [0.25, 0.3) is 0 Å². The largest absolute Gasteiger partial charge is 0.497 e. The van der Waals surface area contributed by atoms with Gasteiger partial charge in [-0.25, -0.2) is 0 Å². The van der Waals surface area contributed by atoms with E-state index in [4.69, 9.17) is 4.74 Å². The number of amides is 3. The molecular formula is C30H31N3O5S. The number of rotatable bonds is 5. The Bertz CT molecular complexity index is 1360. The molecule has 1 unspecified atom stereocenters. The van der Waals surface area contributed by atoms with Gasteiger partial charge in [-0.15, -0.1) is 11.8 Å². The molecule has 2 aromatic rings. The predicted octanol–water partition coefficient (Wildman–Crippen LogP) is 2.88. The molecule has 4 aliphatic rings. The lowest BCUT2D eigenvalue weighted by atomic mass is 9.74. The van der Waals surface area contributed by atoms with Crippen molar-refractivity contribution < 1.29 is 24.2 Å². The van der Waals surface area contributed by atoms with Crippen molar-refractivity contribution in [2.75, 3.05) is 43.2 Å². The molecule has 202 valence electrons. The van der Waals surface area contributed by atoms with E-state index in [1.165, 1.54) is 16.7 Å². The lowest BCUT2D eigenvalue weighted by Gasteiger charge is -2.36. The fraction of sp³-hybridized carbons (Fsp3) is 0.367. The van der Waals surface area contributed by atoms with Crippen molar-refractivity contribution in [2.45, 2.75) is 22.5 Å². The summed E-state index contributed by atoms with van der Waals surface area (Å²) in [5.41, 5.74) is 1.46. The first kappa shape index (κ1) is 25.7. The molecule has 8 nitrogen and oxygen atoms in total. The molecule has 6 rings (SSSR count). The maximum atomic E-state index is 14.3. The monoisotopic (exact) mass is 545 g/mol. The summed E-state index contributed by atoms with van der Waals surface area (Å²) in [6.07, 6.45) is 7.96. The molecule has 0 radical (unpaired) electrons. The van der Waals surface area contributed by atoms with Crippen LogP contribution in [0.3, 0.4) is 0 Å². The summed E-state index contributed by atoms with van der Waals surface area (Å²) in [5.74, 6) is -1.36. The number of β-amino-alcohol motifs (C(OH)–C–C–N with tert-alkyl or cyclic N) is 1. The summed E-state index contributed by atoms with van der Waals surface area (Å²) in [6.45, 7) is 2.49. The third kappa shape index (κ3) is 3.82. The number of hydrogen-bond donors (Lipinski definition) is 1. The van der Waals surface area contributed by atoms with Gasteiger partial charge >= 0.3 is 0 Å². The van der Waals surface area contributed by atoms with E-state index in [0.29, 0.717) is 24.5 Å². The smallest absolute Gasteiger partial charge is 0.251 e. The molecular weight excluding hydrogens is 514 g/mol. The number of fused-ring (bicyclic) bond motifs is 2. The molecule has 0 saturated carbocycles. The average Bonchev–Trinajstić information content (AvgIpc) is 3.20. The number of thioether (sulfide) groups is 1. The van der Waals surface area contributed by atoms with Gasteiger partial charge in [0, 0.05) is 35.8 Å². The van der Waals surface area contributed by atoms with Crippen molar-refractivity contribution in [2.24, 2.45) is 11.8 Å². The van der Waals surface area contributed by atoms with Crippen LogP contribution in [0.15, 0.2) is 78.9 Å². The molecule has 0 bridgehead atoms. The van der Waals surface area contributed by atoms with E-state index in [9.17, 15) is 19.5 Å². The number of aliphatic hydroxyl groups is 1. The number of nitrogens with zero attached hydrogens (tertiary/aromatic N) is 3. The highest BCUT2D eigenvalue weighted by Crippen LogP contribution is 2.65. The Hall–Kier alpha value is -3.56. The normalized spacial score (nSPS) is 31.6. The Morgan fingerprint density at radius 1 is 0.872 bits per heavy atom. The van der Waals surface area contributed by atoms with E-state index >= 15 is 0 Å². The molecule has 5 atom stereocenters. The van der Waals surface area contributed by atoms with Gasteiger partial charge in [-0.05, 0) is 43.3 Å². The molecule has 2 fully saturated rings. The standard InChI is InChI=1S/C30H31N3O5S/c1-29-14-6-16-31(20-8-4-3-5-9-20)26(35)23(29)24-27(36)33(18-19-34)25-28(37)32(17-7-15-30(24,25)39-29)21-10-12-22(38-2)13-11-21/h3-15,23-25,34H,16-19H2,1-2H3/t23-,24-,25?,29+,30-/m0/s1. The van der Waals surface area contributed by atoms with Crippen molar-refractivity contribution in [3.05, 3.63) is 78.9 Å². The number of methoxy groups -OCH3 is 1. The number of carbonyl (C=O) groups is 3. The molecule has 4 heterocycles. The summed E-state index contributed by atoms with van der Waals surface area (Å²) < 4.78 is 3.63. The van der Waals surface area contributed by atoms with Gasteiger partial charge in [0.05, 0.1) is 30.3 Å². The van der Waals surface area contributed by atoms with Crippen LogP contribution in [-0.4, -0.2) is 76.6 Å². The van der Waals surface area contributed by atoms with Crippen molar-refractivity contribution in [1.82, 2.24) is 4.90 Å². The Balaban J connectivity index is 1.45. The average molecular weight is 546 g/mol. The summed E-state index contributed by atoms with van der Waals surface area (Å²) in [5, 5.41) is 9.92. The summed E-state index contributed by atoms with van der Waals surface area (Å²) in [6, 6.07) is 15.9. The lowest BCUT2D eigenvalue weighted by molar-refractivity contribution is -0.139. The van der Waals surface area contributed by atoms with Gasteiger partial charge in [0.2, 0.25) is 11.8 Å². The minimum absolute atomic E-state index is 0.0220. The number of benzene rings is 2. The van der Waals surface area contributed by atoms with Crippen molar-refractivity contribution >= 4 is 40.9 Å². The van der Waals surface area contributed by atoms with Crippen LogP contribution in [-0.2, 0) is 14.4 Å². The van der Waals surface area contributed by atoms with Gasteiger partial charge in [-0.1, -0.05) is 42.5 Å². The van der Waals surface area contributed by atoms with E-state index in [1.54, 1.807) is 29.0 Å². The molecule has 0 aromatic heterocycles. The summed E-state index contributed by atoms with van der Waals surface area (Å²) in [7, 11) is 1.59. The Morgan fingerprint density at radius 3 is 2.18 bits per heavy atom. The van der Waals surface area contributed by atoms with E-state index in [0.717, 1.165) is 5.69 Å². The van der Waals surface area contributed by atoms with Gasteiger partial charge in [0.15, 0.2) is 0 Å². The zero-order valence-electron chi connectivity index (χ0n) is 21.9. The second kappa shape index (κ2) is 9.57. The fourth-order valence-electron chi connectivity index (χ4n) is 6.70. The minimum Gasteiger partial charge on any atom is -0.497 e. The molecule has 0 aliphatic carbocycles.